The van der Waals surface area contributed by atoms with Crippen LogP contribution >= 0.6 is 0 Å². The predicted molar refractivity (Wildman–Crippen MR) is 102 cm³/mol. The normalized spacial score (nSPS) is 15.9. The molecule has 2 rings (SSSR count). The number of rotatable bonds is 6. The molecule has 3 N–H and O–H groups in total. The molecule has 0 aromatic heterocycles. The van der Waals surface area contributed by atoms with E-state index in [-0.39, 0.29) is 22.3 Å². The number of carbonyl (C=O) groups is 3. The van der Waals surface area contributed by atoms with Crippen LogP contribution in [0.3, 0.4) is 0 Å². The Morgan fingerprint density at radius 2 is 1.75 bits per heavy atom. The van der Waals surface area contributed by atoms with Gasteiger partial charge in [-0.1, -0.05) is 18.9 Å². The number of hydrogen-bond acceptors (Lipinski definition) is 5. The molecule has 0 spiro atoms. The monoisotopic (exact) mass is 410 g/mol. The number of nitrogens with zero attached hydrogens (tertiary/aromatic N) is 1. The average molecular weight is 410 g/mol. The first-order valence-electron chi connectivity index (χ1n) is 9.06. The number of hydrazine groups is 1. The fourth-order valence-electron chi connectivity index (χ4n) is 2.89. The third-order valence-corrected chi connectivity index (χ3v) is 6.46. The summed E-state index contributed by atoms with van der Waals surface area (Å²) in [7, 11) is -0.896. The summed E-state index contributed by atoms with van der Waals surface area (Å²) in [6, 6.07) is 4.67. The minimum atomic E-state index is -3.68. The molecule has 10 heteroatoms. The smallest absolute Gasteiger partial charge is 0.269 e. The standard InChI is InChI=1S/C18H26N4O5S/c1-12(19-17(24)13-7-4-5-8-13)16(23)20-21-18(25)14-9-6-10-15(11-14)28(26,27)22(2)3/h6,9-13H,4-5,7-8H2,1-3H3,(H,19,24)(H,20,23)(H,21,25). The van der Waals surface area contributed by atoms with Crippen LogP contribution < -0.4 is 16.2 Å². The Balaban J connectivity index is 1.92. The largest absolute Gasteiger partial charge is 0.344 e. The number of amides is 3. The van der Waals surface area contributed by atoms with Gasteiger partial charge in [0.25, 0.3) is 11.8 Å². The van der Waals surface area contributed by atoms with E-state index in [4.69, 9.17) is 0 Å². The highest BCUT2D eigenvalue weighted by Crippen LogP contribution is 2.24. The average Bonchev–Trinajstić information content (AvgIpc) is 3.20. The summed E-state index contributed by atoms with van der Waals surface area (Å²) < 4.78 is 25.4. The molecule has 28 heavy (non-hydrogen) atoms. The first-order chi connectivity index (χ1) is 13.1. The Morgan fingerprint density at radius 1 is 1.11 bits per heavy atom. The lowest BCUT2D eigenvalue weighted by molar-refractivity contribution is -0.131. The van der Waals surface area contributed by atoms with Crippen LogP contribution in [0.2, 0.25) is 0 Å². The predicted octanol–water partition coefficient (Wildman–Crippen LogP) is 0.393. The molecule has 0 heterocycles. The third-order valence-electron chi connectivity index (χ3n) is 4.65. The minimum Gasteiger partial charge on any atom is -0.344 e. The highest BCUT2D eigenvalue weighted by atomic mass is 32.2. The van der Waals surface area contributed by atoms with Crippen LogP contribution in [0, 0.1) is 5.92 Å². The lowest BCUT2D eigenvalue weighted by Gasteiger charge is -2.17. The van der Waals surface area contributed by atoms with Crippen molar-refractivity contribution in [3.8, 4) is 0 Å². The van der Waals surface area contributed by atoms with Gasteiger partial charge in [-0.25, -0.2) is 12.7 Å². The molecule has 1 aromatic rings. The van der Waals surface area contributed by atoms with Crippen molar-refractivity contribution in [1.82, 2.24) is 20.5 Å². The number of benzene rings is 1. The van der Waals surface area contributed by atoms with Crippen molar-refractivity contribution in [1.29, 1.82) is 0 Å². The van der Waals surface area contributed by atoms with Crippen LogP contribution in [0.15, 0.2) is 29.2 Å². The van der Waals surface area contributed by atoms with Crippen molar-refractivity contribution >= 4 is 27.7 Å². The molecule has 3 amide bonds. The maximum absolute atomic E-state index is 12.2. The van der Waals surface area contributed by atoms with Crippen LogP contribution in [-0.2, 0) is 19.6 Å². The Kier molecular flexibility index (Phi) is 7.14. The topological polar surface area (TPSA) is 125 Å². The molecule has 0 bridgehead atoms. The van der Waals surface area contributed by atoms with E-state index in [9.17, 15) is 22.8 Å². The van der Waals surface area contributed by atoms with Crippen molar-refractivity contribution in [3.05, 3.63) is 29.8 Å². The van der Waals surface area contributed by atoms with Gasteiger partial charge in [0.15, 0.2) is 0 Å². The van der Waals surface area contributed by atoms with Gasteiger partial charge in [-0.2, -0.15) is 0 Å². The van der Waals surface area contributed by atoms with E-state index < -0.39 is 27.9 Å². The lowest BCUT2D eigenvalue weighted by atomic mass is 10.1. The van der Waals surface area contributed by atoms with E-state index >= 15 is 0 Å². The Hall–Kier alpha value is -2.46. The van der Waals surface area contributed by atoms with E-state index in [0.717, 1.165) is 30.0 Å². The van der Waals surface area contributed by atoms with E-state index in [2.05, 4.69) is 16.2 Å². The van der Waals surface area contributed by atoms with Gasteiger partial charge in [-0.05, 0) is 38.0 Å². The number of sulfonamides is 1. The Morgan fingerprint density at radius 3 is 2.36 bits per heavy atom. The quantitative estimate of drug-likeness (QED) is 0.585. The summed E-state index contributed by atoms with van der Waals surface area (Å²) in [4.78, 5) is 36.4. The van der Waals surface area contributed by atoms with Crippen LogP contribution in [-0.4, -0.2) is 50.6 Å². The molecule has 1 saturated carbocycles. The van der Waals surface area contributed by atoms with Crippen LogP contribution in [0.4, 0.5) is 0 Å². The molecule has 1 aliphatic carbocycles. The zero-order valence-corrected chi connectivity index (χ0v) is 17.0. The molecular weight excluding hydrogens is 384 g/mol. The molecule has 1 unspecified atom stereocenters. The van der Waals surface area contributed by atoms with E-state index in [1.165, 1.54) is 45.3 Å². The van der Waals surface area contributed by atoms with Gasteiger partial charge in [0.1, 0.15) is 6.04 Å². The minimum absolute atomic E-state index is 0.0336. The van der Waals surface area contributed by atoms with Crippen molar-refractivity contribution in [2.75, 3.05) is 14.1 Å². The van der Waals surface area contributed by atoms with Gasteiger partial charge in [0.05, 0.1) is 4.90 Å². The SMILES string of the molecule is CC(NC(=O)C1CCCC1)C(=O)NNC(=O)c1cccc(S(=O)(=O)N(C)C)c1. The number of hydrogen-bond donors (Lipinski definition) is 3. The number of nitrogens with one attached hydrogen (secondary N) is 3. The molecular formula is C18H26N4O5S. The van der Waals surface area contributed by atoms with E-state index in [1.807, 2.05) is 0 Å². The molecule has 154 valence electrons. The maximum Gasteiger partial charge on any atom is 0.269 e. The van der Waals surface area contributed by atoms with Gasteiger partial charge < -0.3 is 5.32 Å². The fraction of sp³-hybridized carbons (Fsp3) is 0.500. The van der Waals surface area contributed by atoms with Crippen molar-refractivity contribution < 1.29 is 22.8 Å². The maximum atomic E-state index is 12.2. The van der Waals surface area contributed by atoms with Gasteiger partial charge >= 0.3 is 0 Å². The summed E-state index contributed by atoms with van der Waals surface area (Å²) in [5.41, 5.74) is 4.55. The van der Waals surface area contributed by atoms with Crippen molar-refractivity contribution in [2.24, 2.45) is 5.92 Å². The summed E-state index contributed by atoms with van der Waals surface area (Å²) in [6.45, 7) is 1.53. The Labute approximate surface area is 164 Å². The molecule has 0 saturated heterocycles. The van der Waals surface area contributed by atoms with Crippen molar-refractivity contribution in [2.45, 2.75) is 43.5 Å². The molecule has 0 aliphatic heterocycles. The summed E-state index contributed by atoms with van der Waals surface area (Å²) in [5, 5.41) is 2.64. The Bertz CT molecular complexity index is 847. The summed E-state index contributed by atoms with van der Waals surface area (Å²) in [6.07, 6.45) is 3.67. The third kappa shape index (κ3) is 5.29. The first kappa shape index (κ1) is 21.8. The first-order valence-corrected chi connectivity index (χ1v) is 10.5. The second-order valence-electron chi connectivity index (χ2n) is 6.97. The molecule has 1 aromatic carbocycles. The van der Waals surface area contributed by atoms with Gasteiger partial charge in [-0.3, -0.25) is 25.2 Å². The zero-order chi connectivity index (χ0) is 20.9. The molecule has 1 fully saturated rings. The van der Waals surface area contributed by atoms with E-state index in [0.29, 0.717) is 0 Å². The summed E-state index contributed by atoms with van der Waals surface area (Å²) >= 11 is 0. The molecule has 1 aliphatic rings. The fourth-order valence-corrected chi connectivity index (χ4v) is 3.84. The van der Waals surface area contributed by atoms with Crippen LogP contribution in [0.5, 0.6) is 0 Å². The van der Waals surface area contributed by atoms with Crippen LogP contribution in [0.1, 0.15) is 43.0 Å². The van der Waals surface area contributed by atoms with Gasteiger partial charge in [-0.15, -0.1) is 0 Å². The van der Waals surface area contributed by atoms with Crippen molar-refractivity contribution in [3.63, 3.8) is 0 Å². The highest BCUT2D eigenvalue weighted by Gasteiger charge is 2.25. The molecule has 1 atom stereocenters. The molecule has 9 nitrogen and oxygen atoms in total. The zero-order valence-electron chi connectivity index (χ0n) is 16.2. The molecule has 0 radical (unpaired) electrons. The van der Waals surface area contributed by atoms with Gasteiger partial charge in [0, 0.05) is 25.6 Å². The second-order valence-corrected chi connectivity index (χ2v) is 9.12. The highest BCUT2D eigenvalue weighted by molar-refractivity contribution is 7.89. The lowest BCUT2D eigenvalue weighted by Crippen LogP contribution is -2.51. The summed E-state index contributed by atoms with van der Waals surface area (Å²) in [5.74, 6) is -1.46. The van der Waals surface area contributed by atoms with E-state index in [1.54, 1.807) is 0 Å². The van der Waals surface area contributed by atoms with Crippen LogP contribution in [0.25, 0.3) is 0 Å². The number of carbonyl (C=O) groups excluding carboxylic acids is 3. The van der Waals surface area contributed by atoms with Gasteiger partial charge in [0.2, 0.25) is 15.9 Å². The second kappa shape index (κ2) is 9.16.